The van der Waals surface area contributed by atoms with Crippen LogP contribution >= 0.6 is 15.9 Å². The van der Waals surface area contributed by atoms with Gasteiger partial charge in [0.2, 0.25) is 0 Å². The van der Waals surface area contributed by atoms with E-state index in [1.54, 1.807) is 6.08 Å². The van der Waals surface area contributed by atoms with E-state index in [0.717, 1.165) is 12.8 Å². The highest BCUT2D eigenvalue weighted by Gasteiger charge is 2.16. The van der Waals surface area contributed by atoms with Crippen LogP contribution in [0.2, 0.25) is 0 Å². The zero-order chi connectivity index (χ0) is 8.97. The van der Waals surface area contributed by atoms with Gasteiger partial charge in [-0.25, -0.2) is 0 Å². The monoisotopic (exact) mass is 230 g/mol. The van der Waals surface area contributed by atoms with Crippen LogP contribution in [0, 0.1) is 0 Å². The van der Waals surface area contributed by atoms with Gasteiger partial charge in [-0.1, -0.05) is 22.0 Å². The van der Waals surface area contributed by atoms with Crippen molar-refractivity contribution in [2.24, 2.45) is 0 Å². The Morgan fingerprint density at radius 3 is 2.75 bits per heavy atom. The number of aliphatic hydroxyl groups excluding tert-OH is 1. The molecule has 1 aliphatic rings. The van der Waals surface area contributed by atoms with Crippen LogP contribution in [0.5, 0.6) is 0 Å². The highest BCUT2D eigenvalue weighted by Crippen LogP contribution is 2.31. The largest absolute Gasteiger partial charge is 0.388 e. The van der Waals surface area contributed by atoms with Gasteiger partial charge in [0.1, 0.15) is 0 Å². The van der Waals surface area contributed by atoms with Crippen molar-refractivity contribution >= 4 is 15.9 Å². The van der Waals surface area contributed by atoms with Crippen LogP contribution in [0.25, 0.3) is 0 Å². The molecular weight excluding hydrogens is 216 g/mol. The van der Waals surface area contributed by atoms with Crippen molar-refractivity contribution in [3.05, 3.63) is 22.7 Å². The number of hydrogen-bond donors (Lipinski definition) is 1. The van der Waals surface area contributed by atoms with E-state index in [-0.39, 0.29) is 6.10 Å². The summed E-state index contributed by atoms with van der Waals surface area (Å²) in [7, 11) is 0. The summed E-state index contributed by atoms with van der Waals surface area (Å²) in [4.78, 5) is 0. The van der Waals surface area contributed by atoms with Crippen molar-refractivity contribution in [2.45, 2.75) is 38.2 Å². The SMILES string of the molecule is C=CCC(O)C1=C(Br)CCCC1. The van der Waals surface area contributed by atoms with Crippen LogP contribution in [-0.4, -0.2) is 11.2 Å². The molecule has 0 bridgehead atoms. The summed E-state index contributed by atoms with van der Waals surface area (Å²) in [6.45, 7) is 3.62. The molecule has 0 radical (unpaired) electrons. The second kappa shape index (κ2) is 4.83. The molecule has 12 heavy (non-hydrogen) atoms. The minimum absolute atomic E-state index is 0.308. The van der Waals surface area contributed by atoms with Crippen LogP contribution < -0.4 is 0 Å². The molecule has 1 nitrogen and oxygen atoms in total. The number of aliphatic hydroxyl groups is 1. The number of halogens is 1. The third-order valence-electron chi connectivity index (χ3n) is 2.23. The molecule has 2 heteroatoms. The Labute approximate surface area is 82.3 Å². The van der Waals surface area contributed by atoms with Crippen LogP contribution in [0.3, 0.4) is 0 Å². The second-order valence-electron chi connectivity index (χ2n) is 3.18. The Morgan fingerprint density at radius 1 is 1.50 bits per heavy atom. The first-order valence-corrected chi connectivity index (χ1v) is 5.21. The zero-order valence-corrected chi connectivity index (χ0v) is 8.81. The van der Waals surface area contributed by atoms with Gasteiger partial charge in [0.25, 0.3) is 0 Å². The molecule has 1 N–H and O–H groups in total. The van der Waals surface area contributed by atoms with E-state index in [2.05, 4.69) is 22.5 Å². The van der Waals surface area contributed by atoms with Crippen LogP contribution in [0.4, 0.5) is 0 Å². The van der Waals surface area contributed by atoms with Crippen LogP contribution in [0.1, 0.15) is 32.1 Å². The first-order valence-electron chi connectivity index (χ1n) is 4.42. The first-order chi connectivity index (χ1) is 5.75. The maximum atomic E-state index is 9.69. The maximum Gasteiger partial charge on any atom is 0.0795 e. The zero-order valence-electron chi connectivity index (χ0n) is 7.22. The molecule has 0 aromatic heterocycles. The summed E-state index contributed by atoms with van der Waals surface area (Å²) in [5, 5.41) is 9.69. The topological polar surface area (TPSA) is 20.2 Å². The molecule has 1 aliphatic carbocycles. The van der Waals surface area contributed by atoms with Gasteiger partial charge in [0.05, 0.1) is 6.10 Å². The molecule has 0 fully saturated rings. The summed E-state index contributed by atoms with van der Waals surface area (Å²) >= 11 is 3.51. The fraction of sp³-hybridized carbons (Fsp3) is 0.600. The van der Waals surface area contributed by atoms with Gasteiger partial charge in [-0.2, -0.15) is 0 Å². The smallest absolute Gasteiger partial charge is 0.0795 e. The maximum absolute atomic E-state index is 9.69. The van der Waals surface area contributed by atoms with Gasteiger partial charge in [0, 0.05) is 0 Å². The molecule has 1 atom stereocenters. The standard InChI is InChI=1S/C10H15BrO/c1-2-5-10(12)8-6-3-4-7-9(8)11/h2,10,12H,1,3-7H2. The lowest BCUT2D eigenvalue weighted by Crippen LogP contribution is -2.12. The molecule has 0 heterocycles. The second-order valence-corrected chi connectivity index (χ2v) is 4.13. The summed E-state index contributed by atoms with van der Waals surface area (Å²) < 4.78 is 1.21. The Hall–Kier alpha value is -0.0800. The van der Waals surface area contributed by atoms with Crippen LogP contribution in [0.15, 0.2) is 22.7 Å². The Morgan fingerprint density at radius 2 is 2.17 bits per heavy atom. The van der Waals surface area contributed by atoms with Gasteiger partial charge in [0.15, 0.2) is 0 Å². The number of allylic oxidation sites excluding steroid dienone is 1. The lowest BCUT2D eigenvalue weighted by Gasteiger charge is -2.20. The summed E-state index contributed by atoms with van der Waals surface area (Å²) in [6.07, 6.45) is 6.71. The normalized spacial score (nSPS) is 20.8. The van der Waals surface area contributed by atoms with Crippen molar-refractivity contribution in [3.8, 4) is 0 Å². The van der Waals surface area contributed by atoms with E-state index in [4.69, 9.17) is 0 Å². The molecule has 0 aromatic rings. The average molecular weight is 231 g/mol. The predicted octanol–water partition coefficient (Wildman–Crippen LogP) is 3.15. The van der Waals surface area contributed by atoms with E-state index in [1.165, 1.54) is 22.9 Å². The molecule has 1 unspecified atom stereocenters. The van der Waals surface area contributed by atoms with E-state index in [9.17, 15) is 5.11 Å². The van der Waals surface area contributed by atoms with Crippen molar-refractivity contribution in [1.82, 2.24) is 0 Å². The van der Waals surface area contributed by atoms with Crippen LogP contribution in [-0.2, 0) is 0 Å². The van der Waals surface area contributed by atoms with Gasteiger partial charge < -0.3 is 5.11 Å². The van der Waals surface area contributed by atoms with E-state index >= 15 is 0 Å². The number of rotatable bonds is 3. The first kappa shape index (κ1) is 10.0. The summed E-state index contributed by atoms with van der Waals surface area (Å²) in [6, 6.07) is 0. The summed E-state index contributed by atoms with van der Waals surface area (Å²) in [5.41, 5.74) is 1.18. The van der Waals surface area contributed by atoms with Gasteiger partial charge in [-0.05, 0) is 42.2 Å². The third-order valence-corrected chi connectivity index (χ3v) is 3.14. The Kier molecular flexibility index (Phi) is 4.02. The Bertz CT molecular complexity index is 196. The quantitative estimate of drug-likeness (QED) is 0.739. The van der Waals surface area contributed by atoms with E-state index in [0.29, 0.717) is 6.42 Å². The van der Waals surface area contributed by atoms with E-state index < -0.39 is 0 Å². The van der Waals surface area contributed by atoms with Crippen molar-refractivity contribution < 1.29 is 5.11 Å². The molecular formula is C10H15BrO. The highest BCUT2D eigenvalue weighted by atomic mass is 79.9. The minimum atomic E-state index is -0.308. The fourth-order valence-electron chi connectivity index (χ4n) is 1.54. The Balaban J connectivity index is 2.63. The summed E-state index contributed by atoms with van der Waals surface area (Å²) in [5.74, 6) is 0. The molecule has 68 valence electrons. The van der Waals surface area contributed by atoms with Gasteiger partial charge in [-0.3, -0.25) is 0 Å². The molecule has 0 saturated carbocycles. The predicted molar refractivity (Wildman–Crippen MR) is 55.2 cm³/mol. The molecule has 0 spiro atoms. The lowest BCUT2D eigenvalue weighted by molar-refractivity contribution is 0.207. The van der Waals surface area contributed by atoms with Gasteiger partial charge in [-0.15, -0.1) is 6.58 Å². The van der Waals surface area contributed by atoms with Crippen molar-refractivity contribution in [1.29, 1.82) is 0 Å². The average Bonchev–Trinajstić information content (AvgIpc) is 2.05. The third kappa shape index (κ3) is 2.46. The minimum Gasteiger partial charge on any atom is -0.388 e. The fourth-order valence-corrected chi connectivity index (χ4v) is 2.28. The van der Waals surface area contributed by atoms with Crippen molar-refractivity contribution in [2.75, 3.05) is 0 Å². The lowest BCUT2D eigenvalue weighted by atomic mass is 9.94. The molecule has 0 aliphatic heterocycles. The molecule has 0 aromatic carbocycles. The van der Waals surface area contributed by atoms with E-state index in [1.807, 2.05) is 0 Å². The molecule has 0 saturated heterocycles. The molecule has 1 rings (SSSR count). The van der Waals surface area contributed by atoms with Gasteiger partial charge >= 0.3 is 0 Å². The highest BCUT2D eigenvalue weighted by molar-refractivity contribution is 9.11. The number of hydrogen-bond acceptors (Lipinski definition) is 1. The van der Waals surface area contributed by atoms with Crippen molar-refractivity contribution in [3.63, 3.8) is 0 Å². The molecule has 0 amide bonds.